The van der Waals surface area contributed by atoms with E-state index >= 15 is 0 Å². The molecular formula is C20H29N5O. The first kappa shape index (κ1) is 18.6. The maximum atomic E-state index is 12.7. The minimum absolute atomic E-state index is 0.0290. The van der Waals surface area contributed by atoms with E-state index in [9.17, 15) is 4.79 Å². The van der Waals surface area contributed by atoms with Crippen LogP contribution in [-0.4, -0.2) is 44.7 Å². The number of nitrogens with zero attached hydrogens (tertiary/aromatic N) is 4. The van der Waals surface area contributed by atoms with Crippen molar-refractivity contribution in [3.8, 4) is 0 Å². The Bertz CT molecular complexity index is 739. The second-order valence-electron chi connectivity index (χ2n) is 8.13. The second-order valence-corrected chi connectivity index (χ2v) is 8.13. The lowest BCUT2D eigenvalue weighted by atomic mass is 9.92. The third-order valence-electron chi connectivity index (χ3n) is 4.92. The number of carbonyl (C=O) groups is 1. The average Bonchev–Trinajstić information content (AvgIpc) is 3.00. The molecule has 0 aliphatic carbocycles. The number of aromatic nitrogens is 3. The second kappa shape index (κ2) is 7.58. The average molecular weight is 355 g/mol. The van der Waals surface area contributed by atoms with Crippen LogP contribution in [0.3, 0.4) is 0 Å². The molecule has 6 nitrogen and oxygen atoms in total. The molecule has 6 heteroatoms. The van der Waals surface area contributed by atoms with Gasteiger partial charge in [0.2, 0.25) is 0 Å². The smallest absolute Gasteiger partial charge is 0.269 e. The zero-order valence-electron chi connectivity index (χ0n) is 16.2. The fourth-order valence-corrected chi connectivity index (χ4v) is 3.26. The first-order valence-corrected chi connectivity index (χ1v) is 9.30. The molecule has 1 N–H and O–H groups in total. The summed E-state index contributed by atoms with van der Waals surface area (Å²) in [6.45, 7) is 9.13. The summed E-state index contributed by atoms with van der Waals surface area (Å²) in [5.74, 6) is -0.0290. The molecule has 0 unspecified atom stereocenters. The molecule has 2 aromatic heterocycles. The molecule has 1 fully saturated rings. The predicted octanol–water partition coefficient (Wildman–Crippen LogP) is 2.51. The Morgan fingerprint density at radius 3 is 2.58 bits per heavy atom. The van der Waals surface area contributed by atoms with Gasteiger partial charge in [0, 0.05) is 44.3 Å². The van der Waals surface area contributed by atoms with Gasteiger partial charge in [0.15, 0.2) is 0 Å². The van der Waals surface area contributed by atoms with Crippen LogP contribution in [0, 0.1) is 0 Å². The van der Waals surface area contributed by atoms with E-state index in [2.05, 4.69) is 47.1 Å². The predicted molar refractivity (Wildman–Crippen MR) is 102 cm³/mol. The molecule has 1 aliphatic heterocycles. The number of nitrogens with one attached hydrogen (secondary N) is 1. The molecule has 0 spiro atoms. The van der Waals surface area contributed by atoms with Gasteiger partial charge in [0.25, 0.3) is 5.91 Å². The van der Waals surface area contributed by atoms with E-state index in [1.807, 2.05) is 31.4 Å². The molecular weight excluding hydrogens is 326 g/mol. The van der Waals surface area contributed by atoms with E-state index in [4.69, 9.17) is 0 Å². The van der Waals surface area contributed by atoms with Crippen LogP contribution in [0.15, 0.2) is 30.5 Å². The number of hydrogen-bond donors (Lipinski definition) is 1. The molecule has 0 radical (unpaired) electrons. The summed E-state index contributed by atoms with van der Waals surface area (Å²) in [6, 6.07) is 8.15. The molecule has 1 saturated heterocycles. The van der Waals surface area contributed by atoms with E-state index in [1.165, 1.54) is 0 Å². The molecule has 3 heterocycles. The Morgan fingerprint density at radius 2 is 2.00 bits per heavy atom. The van der Waals surface area contributed by atoms with Crippen molar-refractivity contribution in [1.82, 2.24) is 25.0 Å². The lowest BCUT2D eigenvalue weighted by Gasteiger charge is -2.32. The van der Waals surface area contributed by atoms with Gasteiger partial charge in [0.1, 0.15) is 5.69 Å². The topological polar surface area (TPSA) is 63.1 Å². The first-order valence-electron chi connectivity index (χ1n) is 9.30. The number of hydrogen-bond acceptors (Lipinski definition) is 4. The summed E-state index contributed by atoms with van der Waals surface area (Å²) in [6.07, 6.45) is 3.76. The molecule has 0 bridgehead atoms. The van der Waals surface area contributed by atoms with Crippen molar-refractivity contribution in [2.24, 2.45) is 7.05 Å². The van der Waals surface area contributed by atoms with Gasteiger partial charge >= 0.3 is 0 Å². The number of carbonyl (C=O) groups excluding carboxylic acids is 1. The van der Waals surface area contributed by atoms with Crippen LogP contribution in [0.25, 0.3) is 0 Å². The van der Waals surface area contributed by atoms with Crippen molar-refractivity contribution in [1.29, 1.82) is 0 Å². The largest absolute Gasteiger partial charge is 0.348 e. The Labute approximate surface area is 155 Å². The molecule has 0 atom stereocenters. The summed E-state index contributed by atoms with van der Waals surface area (Å²) in [7, 11) is 1.83. The Morgan fingerprint density at radius 1 is 1.27 bits per heavy atom. The van der Waals surface area contributed by atoms with Gasteiger partial charge in [-0.2, -0.15) is 5.10 Å². The number of pyridine rings is 1. The van der Waals surface area contributed by atoms with Gasteiger partial charge in [-0.05, 0) is 31.0 Å². The minimum Gasteiger partial charge on any atom is -0.348 e. The summed E-state index contributed by atoms with van der Waals surface area (Å²) in [4.78, 5) is 19.4. The molecule has 2 aromatic rings. The summed E-state index contributed by atoms with van der Waals surface area (Å²) in [5.41, 5.74) is 2.60. The fourth-order valence-electron chi connectivity index (χ4n) is 3.26. The lowest BCUT2D eigenvalue weighted by Crippen LogP contribution is -2.44. The number of rotatable bonds is 4. The Balaban J connectivity index is 1.53. The van der Waals surface area contributed by atoms with Crippen molar-refractivity contribution in [2.75, 3.05) is 13.1 Å². The van der Waals surface area contributed by atoms with Crippen LogP contribution in [-0.2, 0) is 19.0 Å². The van der Waals surface area contributed by atoms with Crippen molar-refractivity contribution in [3.63, 3.8) is 0 Å². The molecule has 1 aliphatic rings. The third-order valence-corrected chi connectivity index (χ3v) is 4.92. The highest BCUT2D eigenvalue weighted by molar-refractivity contribution is 5.92. The van der Waals surface area contributed by atoms with E-state index in [0.717, 1.165) is 43.9 Å². The van der Waals surface area contributed by atoms with Gasteiger partial charge in [-0.15, -0.1) is 0 Å². The number of likely N-dealkylation sites (tertiary alicyclic amines) is 1. The van der Waals surface area contributed by atoms with Crippen molar-refractivity contribution < 1.29 is 4.79 Å². The zero-order valence-corrected chi connectivity index (χ0v) is 16.2. The highest BCUT2D eigenvalue weighted by Crippen LogP contribution is 2.21. The maximum absolute atomic E-state index is 12.7. The monoisotopic (exact) mass is 355 g/mol. The molecule has 3 rings (SSSR count). The fraction of sp³-hybridized carbons (Fsp3) is 0.550. The van der Waals surface area contributed by atoms with Crippen molar-refractivity contribution in [3.05, 3.63) is 47.5 Å². The number of piperidine rings is 1. The first-order chi connectivity index (χ1) is 12.3. The van der Waals surface area contributed by atoms with E-state index < -0.39 is 0 Å². The van der Waals surface area contributed by atoms with Crippen LogP contribution >= 0.6 is 0 Å². The van der Waals surface area contributed by atoms with Crippen molar-refractivity contribution in [2.45, 2.75) is 51.6 Å². The van der Waals surface area contributed by atoms with E-state index in [1.54, 1.807) is 4.68 Å². The maximum Gasteiger partial charge on any atom is 0.269 e. The van der Waals surface area contributed by atoms with Gasteiger partial charge in [-0.3, -0.25) is 19.4 Å². The molecule has 0 saturated carbocycles. The van der Waals surface area contributed by atoms with Crippen LogP contribution in [0.5, 0.6) is 0 Å². The van der Waals surface area contributed by atoms with Crippen LogP contribution in [0.1, 0.15) is 55.5 Å². The number of amides is 1. The molecule has 26 heavy (non-hydrogen) atoms. The lowest BCUT2D eigenvalue weighted by molar-refractivity contribution is 0.0899. The summed E-state index contributed by atoms with van der Waals surface area (Å²) < 4.78 is 1.69. The standard InChI is InChI=1S/C20H29N5O/c1-20(2,3)18-13-17(24(4)23-18)19(26)22-15-8-11-25(12-9-15)14-16-7-5-6-10-21-16/h5-7,10,13,15H,8-9,11-12,14H2,1-4H3,(H,22,26). The van der Waals surface area contributed by atoms with Crippen LogP contribution < -0.4 is 5.32 Å². The Kier molecular flexibility index (Phi) is 5.41. The highest BCUT2D eigenvalue weighted by atomic mass is 16.2. The summed E-state index contributed by atoms with van der Waals surface area (Å²) >= 11 is 0. The van der Waals surface area contributed by atoms with Crippen LogP contribution in [0.4, 0.5) is 0 Å². The molecule has 0 aromatic carbocycles. The van der Waals surface area contributed by atoms with Gasteiger partial charge in [-0.1, -0.05) is 26.8 Å². The van der Waals surface area contributed by atoms with E-state index in [0.29, 0.717) is 5.69 Å². The molecule has 140 valence electrons. The van der Waals surface area contributed by atoms with Crippen LogP contribution in [0.2, 0.25) is 0 Å². The quantitative estimate of drug-likeness (QED) is 0.915. The number of aryl methyl sites for hydroxylation is 1. The highest BCUT2D eigenvalue weighted by Gasteiger charge is 2.25. The van der Waals surface area contributed by atoms with Gasteiger partial charge in [-0.25, -0.2) is 0 Å². The SMILES string of the molecule is Cn1nc(C(C)(C)C)cc1C(=O)NC1CCN(Cc2ccccn2)CC1. The van der Waals surface area contributed by atoms with Gasteiger partial charge in [0.05, 0.1) is 11.4 Å². The third kappa shape index (κ3) is 4.49. The normalized spacial score (nSPS) is 16.6. The Hall–Kier alpha value is -2.21. The minimum atomic E-state index is -0.0624. The molecule has 1 amide bonds. The van der Waals surface area contributed by atoms with Gasteiger partial charge < -0.3 is 5.32 Å². The summed E-state index contributed by atoms with van der Waals surface area (Å²) in [5, 5.41) is 7.68. The van der Waals surface area contributed by atoms with E-state index in [-0.39, 0.29) is 17.4 Å². The zero-order chi connectivity index (χ0) is 18.7. The van der Waals surface area contributed by atoms with Crippen molar-refractivity contribution >= 4 is 5.91 Å².